The molecule has 1 saturated heterocycles. The van der Waals surface area contributed by atoms with Crippen molar-refractivity contribution in [2.24, 2.45) is 7.05 Å². The molecule has 0 radical (unpaired) electrons. The summed E-state index contributed by atoms with van der Waals surface area (Å²) >= 11 is 0. The largest absolute Gasteiger partial charge is 0.461 e. The Hall–Kier alpha value is -2.28. The SMILES string of the molecule is CCCc1cc(NC(=O)N2CCC[C@@H]2c2ccc(COC)o2)n(C)n1. The number of furan rings is 1. The fourth-order valence-electron chi connectivity index (χ4n) is 3.30. The third-order valence-electron chi connectivity index (χ3n) is 4.48. The van der Waals surface area contributed by atoms with Crippen LogP contribution >= 0.6 is 0 Å². The van der Waals surface area contributed by atoms with E-state index in [-0.39, 0.29) is 12.1 Å². The quantitative estimate of drug-likeness (QED) is 0.869. The van der Waals surface area contributed by atoms with Crippen LogP contribution < -0.4 is 5.32 Å². The lowest BCUT2D eigenvalue weighted by molar-refractivity contribution is 0.157. The Kier molecular flexibility index (Phi) is 5.43. The molecule has 3 heterocycles. The van der Waals surface area contributed by atoms with E-state index >= 15 is 0 Å². The van der Waals surface area contributed by atoms with Gasteiger partial charge in [0.25, 0.3) is 0 Å². The minimum atomic E-state index is -0.113. The lowest BCUT2D eigenvalue weighted by Crippen LogP contribution is -2.34. The van der Waals surface area contributed by atoms with Gasteiger partial charge >= 0.3 is 6.03 Å². The number of carbonyl (C=O) groups is 1. The number of aryl methyl sites for hydroxylation is 2. The van der Waals surface area contributed by atoms with Crippen LogP contribution in [0, 0.1) is 0 Å². The average molecular weight is 346 g/mol. The van der Waals surface area contributed by atoms with Crippen LogP contribution in [-0.4, -0.2) is 34.4 Å². The smallest absolute Gasteiger partial charge is 0.323 e. The second-order valence-electron chi connectivity index (χ2n) is 6.41. The summed E-state index contributed by atoms with van der Waals surface area (Å²) < 4.78 is 12.7. The zero-order valence-corrected chi connectivity index (χ0v) is 15.1. The molecule has 7 heteroatoms. The van der Waals surface area contributed by atoms with Crippen molar-refractivity contribution in [3.8, 4) is 0 Å². The second-order valence-corrected chi connectivity index (χ2v) is 6.41. The van der Waals surface area contributed by atoms with E-state index in [2.05, 4.69) is 17.3 Å². The van der Waals surface area contributed by atoms with E-state index in [1.54, 1.807) is 11.8 Å². The van der Waals surface area contributed by atoms with Crippen LogP contribution in [0.15, 0.2) is 22.6 Å². The Bertz CT molecular complexity index is 722. The molecule has 0 bridgehead atoms. The number of anilines is 1. The van der Waals surface area contributed by atoms with Gasteiger partial charge in [0.05, 0.1) is 11.7 Å². The molecule has 0 spiro atoms. The maximum atomic E-state index is 12.8. The first kappa shape index (κ1) is 17.5. The highest BCUT2D eigenvalue weighted by Crippen LogP contribution is 2.33. The molecule has 2 amide bonds. The minimum absolute atomic E-state index is 0.0334. The van der Waals surface area contributed by atoms with Crippen molar-refractivity contribution in [1.29, 1.82) is 0 Å². The Balaban J connectivity index is 1.70. The van der Waals surface area contributed by atoms with Gasteiger partial charge in [0.15, 0.2) is 0 Å². The van der Waals surface area contributed by atoms with Crippen molar-refractivity contribution in [2.75, 3.05) is 19.0 Å². The summed E-state index contributed by atoms with van der Waals surface area (Å²) in [6, 6.07) is 5.64. The van der Waals surface area contributed by atoms with Gasteiger partial charge in [-0.05, 0) is 31.4 Å². The highest BCUT2D eigenvalue weighted by Gasteiger charge is 2.32. The average Bonchev–Trinajstić information content (AvgIpc) is 3.28. The van der Waals surface area contributed by atoms with Gasteiger partial charge < -0.3 is 14.1 Å². The van der Waals surface area contributed by atoms with Crippen molar-refractivity contribution in [3.63, 3.8) is 0 Å². The van der Waals surface area contributed by atoms with Gasteiger partial charge in [-0.2, -0.15) is 5.10 Å². The number of hydrogen-bond acceptors (Lipinski definition) is 4. The molecule has 25 heavy (non-hydrogen) atoms. The van der Waals surface area contributed by atoms with E-state index in [0.717, 1.165) is 55.3 Å². The van der Waals surface area contributed by atoms with Crippen LogP contribution in [0.2, 0.25) is 0 Å². The third-order valence-corrected chi connectivity index (χ3v) is 4.48. The highest BCUT2D eigenvalue weighted by molar-refractivity contribution is 5.89. The fraction of sp³-hybridized carbons (Fsp3) is 0.556. The van der Waals surface area contributed by atoms with Gasteiger partial charge in [0, 0.05) is 26.8 Å². The Morgan fingerprint density at radius 2 is 2.32 bits per heavy atom. The van der Waals surface area contributed by atoms with Crippen molar-refractivity contribution < 1.29 is 13.9 Å². The number of hydrogen-bond donors (Lipinski definition) is 1. The molecule has 0 saturated carbocycles. The molecule has 0 unspecified atom stereocenters. The predicted molar refractivity (Wildman–Crippen MR) is 94.3 cm³/mol. The molecule has 1 aliphatic rings. The number of methoxy groups -OCH3 is 1. The topological polar surface area (TPSA) is 72.5 Å². The molecule has 7 nitrogen and oxygen atoms in total. The van der Waals surface area contributed by atoms with Crippen LogP contribution in [0.5, 0.6) is 0 Å². The second kappa shape index (κ2) is 7.74. The zero-order valence-electron chi connectivity index (χ0n) is 15.1. The number of aromatic nitrogens is 2. The highest BCUT2D eigenvalue weighted by atomic mass is 16.5. The van der Waals surface area contributed by atoms with Crippen LogP contribution in [0.1, 0.15) is 49.4 Å². The van der Waals surface area contributed by atoms with Gasteiger partial charge in [0.2, 0.25) is 0 Å². The van der Waals surface area contributed by atoms with Gasteiger partial charge in [-0.3, -0.25) is 10.00 Å². The summed E-state index contributed by atoms with van der Waals surface area (Å²) in [6.45, 7) is 3.27. The summed E-state index contributed by atoms with van der Waals surface area (Å²) in [6.07, 6.45) is 3.80. The predicted octanol–water partition coefficient (Wildman–Crippen LogP) is 3.48. The Labute approximate surface area is 147 Å². The molecule has 1 atom stereocenters. The molecule has 2 aromatic rings. The number of rotatable bonds is 6. The number of nitrogens with one attached hydrogen (secondary N) is 1. The first-order chi connectivity index (χ1) is 12.1. The number of nitrogens with zero attached hydrogens (tertiary/aromatic N) is 3. The summed E-state index contributed by atoms with van der Waals surface area (Å²) in [7, 11) is 3.48. The van der Waals surface area contributed by atoms with Gasteiger partial charge in [-0.1, -0.05) is 13.3 Å². The van der Waals surface area contributed by atoms with Crippen LogP contribution in [0.4, 0.5) is 10.6 Å². The van der Waals surface area contributed by atoms with Crippen molar-refractivity contribution >= 4 is 11.8 Å². The van der Waals surface area contributed by atoms with Crippen LogP contribution in [0.25, 0.3) is 0 Å². The van der Waals surface area contributed by atoms with Gasteiger partial charge in [-0.25, -0.2) is 4.79 Å². The molecule has 0 aromatic carbocycles. The number of urea groups is 1. The maximum absolute atomic E-state index is 12.8. The van der Waals surface area contributed by atoms with E-state index in [9.17, 15) is 4.79 Å². The normalized spacial score (nSPS) is 17.2. The molecular weight excluding hydrogens is 320 g/mol. The minimum Gasteiger partial charge on any atom is -0.461 e. The number of likely N-dealkylation sites (tertiary alicyclic amines) is 1. The molecule has 1 N–H and O–H groups in total. The molecule has 3 rings (SSSR count). The van der Waals surface area contributed by atoms with E-state index < -0.39 is 0 Å². The molecule has 1 fully saturated rings. The van der Waals surface area contributed by atoms with E-state index in [0.29, 0.717) is 6.61 Å². The third kappa shape index (κ3) is 3.87. The standard InChI is InChI=1S/C18H26N4O3/c1-4-6-13-11-17(21(2)20-13)19-18(23)22-10-5-7-15(22)16-9-8-14(25-16)12-24-3/h8-9,11,15H,4-7,10,12H2,1-3H3,(H,19,23)/t15-/m1/s1. The first-order valence-electron chi connectivity index (χ1n) is 8.80. The zero-order chi connectivity index (χ0) is 17.8. The fourth-order valence-corrected chi connectivity index (χ4v) is 3.30. The molecular formula is C18H26N4O3. The number of amides is 2. The summed E-state index contributed by atoms with van der Waals surface area (Å²) in [4.78, 5) is 14.6. The van der Waals surface area contributed by atoms with Gasteiger partial charge in [0.1, 0.15) is 23.9 Å². The molecule has 1 aliphatic heterocycles. The van der Waals surface area contributed by atoms with E-state index in [1.807, 2.05) is 30.1 Å². The summed E-state index contributed by atoms with van der Waals surface area (Å²) in [5, 5.41) is 7.42. The van der Waals surface area contributed by atoms with E-state index in [4.69, 9.17) is 9.15 Å². The Morgan fingerprint density at radius 3 is 3.08 bits per heavy atom. The maximum Gasteiger partial charge on any atom is 0.323 e. The number of carbonyl (C=O) groups excluding carboxylic acids is 1. The molecule has 136 valence electrons. The Morgan fingerprint density at radius 1 is 1.48 bits per heavy atom. The van der Waals surface area contributed by atoms with E-state index in [1.165, 1.54) is 0 Å². The van der Waals surface area contributed by atoms with Crippen molar-refractivity contribution in [3.05, 3.63) is 35.4 Å². The molecule has 0 aliphatic carbocycles. The monoisotopic (exact) mass is 346 g/mol. The van der Waals surface area contributed by atoms with Crippen molar-refractivity contribution in [2.45, 2.75) is 45.3 Å². The van der Waals surface area contributed by atoms with Crippen LogP contribution in [-0.2, 0) is 24.8 Å². The first-order valence-corrected chi connectivity index (χ1v) is 8.80. The molecule has 2 aromatic heterocycles. The van der Waals surface area contributed by atoms with Gasteiger partial charge in [-0.15, -0.1) is 0 Å². The lowest BCUT2D eigenvalue weighted by atomic mass is 10.2. The summed E-state index contributed by atoms with van der Waals surface area (Å²) in [5.74, 6) is 2.32. The lowest BCUT2D eigenvalue weighted by Gasteiger charge is -2.23. The number of ether oxygens (including phenoxy) is 1. The summed E-state index contributed by atoms with van der Waals surface area (Å²) in [5.41, 5.74) is 0.994. The van der Waals surface area contributed by atoms with Crippen molar-refractivity contribution in [1.82, 2.24) is 14.7 Å². The van der Waals surface area contributed by atoms with Crippen LogP contribution in [0.3, 0.4) is 0 Å².